The molecule has 1 rings (SSSR count). The van der Waals surface area contributed by atoms with Gasteiger partial charge in [0.25, 0.3) is 0 Å². The highest BCUT2D eigenvalue weighted by Gasteiger charge is 2.14. The van der Waals surface area contributed by atoms with Crippen LogP contribution in [0.3, 0.4) is 0 Å². The second kappa shape index (κ2) is 3.13. The van der Waals surface area contributed by atoms with Crippen molar-refractivity contribution in [3.63, 3.8) is 0 Å². The van der Waals surface area contributed by atoms with E-state index in [9.17, 15) is 0 Å². The third kappa shape index (κ3) is 1.63. The van der Waals surface area contributed by atoms with Crippen molar-refractivity contribution in [1.82, 2.24) is 4.90 Å². The van der Waals surface area contributed by atoms with Crippen molar-refractivity contribution in [2.45, 2.75) is 11.8 Å². The first-order valence-corrected chi connectivity index (χ1v) is 3.94. The SMILES string of the molecule is CN1C=CSC1CCO. The Labute approximate surface area is 59.5 Å². The predicted octanol–water partition coefficient (Wildman–Crippen LogP) is 0.845. The normalized spacial score (nSPS) is 25.6. The maximum absolute atomic E-state index is 8.58. The summed E-state index contributed by atoms with van der Waals surface area (Å²) in [4.78, 5) is 2.11. The fourth-order valence-electron chi connectivity index (χ4n) is 0.796. The van der Waals surface area contributed by atoms with Crippen molar-refractivity contribution in [3.05, 3.63) is 11.6 Å². The van der Waals surface area contributed by atoms with E-state index in [2.05, 4.69) is 10.3 Å². The summed E-state index contributed by atoms with van der Waals surface area (Å²) in [6.07, 6.45) is 2.89. The van der Waals surface area contributed by atoms with Crippen LogP contribution in [0, 0.1) is 0 Å². The van der Waals surface area contributed by atoms with Gasteiger partial charge >= 0.3 is 0 Å². The van der Waals surface area contributed by atoms with Gasteiger partial charge in [-0.2, -0.15) is 0 Å². The third-order valence-electron chi connectivity index (χ3n) is 1.36. The number of hydrogen-bond donors (Lipinski definition) is 1. The first-order valence-electron chi connectivity index (χ1n) is 2.99. The summed E-state index contributed by atoms with van der Waals surface area (Å²) >= 11 is 1.76. The molecule has 1 heterocycles. The molecule has 0 aliphatic carbocycles. The van der Waals surface area contributed by atoms with Crippen molar-refractivity contribution in [2.75, 3.05) is 13.7 Å². The Balaban J connectivity index is 2.28. The Morgan fingerprint density at radius 3 is 3.00 bits per heavy atom. The molecule has 0 fully saturated rings. The Bertz CT molecular complexity index is 116. The molecule has 0 aromatic heterocycles. The molecule has 0 saturated carbocycles. The molecule has 0 aromatic rings. The fourth-order valence-corrected chi connectivity index (χ4v) is 1.74. The van der Waals surface area contributed by atoms with Crippen molar-refractivity contribution in [2.24, 2.45) is 0 Å². The molecule has 0 bridgehead atoms. The van der Waals surface area contributed by atoms with Gasteiger partial charge < -0.3 is 10.0 Å². The second-order valence-corrected chi connectivity index (χ2v) is 3.14. The molecule has 1 aliphatic heterocycles. The molecule has 0 saturated heterocycles. The molecule has 0 amide bonds. The van der Waals surface area contributed by atoms with Crippen LogP contribution in [0.5, 0.6) is 0 Å². The minimum absolute atomic E-state index is 0.281. The van der Waals surface area contributed by atoms with Gasteiger partial charge in [-0.25, -0.2) is 0 Å². The quantitative estimate of drug-likeness (QED) is 0.623. The number of nitrogens with zero attached hydrogens (tertiary/aromatic N) is 1. The lowest BCUT2D eigenvalue weighted by Crippen LogP contribution is -2.20. The summed E-state index contributed by atoms with van der Waals surface area (Å²) in [5.41, 5.74) is 0. The molecular weight excluding hydrogens is 134 g/mol. The van der Waals surface area contributed by atoms with Gasteiger partial charge in [0.05, 0.1) is 5.37 Å². The predicted molar refractivity (Wildman–Crippen MR) is 40.0 cm³/mol. The molecule has 52 valence electrons. The molecule has 0 spiro atoms. The third-order valence-corrected chi connectivity index (χ3v) is 2.52. The summed E-state index contributed by atoms with van der Waals surface area (Å²) in [5.74, 6) is 0. The van der Waals surface area contributed by atoms with Crippen molar-refractivity contribution >= 4 is 11.8 Å². The van der Waals surface area contributed by atoms with E-state index in [-0.39, 0.29) is 6.61 Å². The highest BCUT2D eigenvalue weighted by molar-refractivity contribution is 8.02. The number of aliphatic hydroxyl groups excluding tert-OH is 1. The summed E-state index contributed by atoms with van der Waals surface area (Å²) < 4.78 is 0. The average molecular weight is 145 g/mol. The van der Waals surface area contributed by atoms with Gasteiger partial charge in [0.2, 0.25) is 0 Å². The number of thioether (sulfide) groups is 1. The average Bonchev–Trinajstić information content (AvgIpc) is 2.18. The van der Waals surface area contributed by atoms with Crippen molar-refractivity contribution in [1.29, 1.82) is 0 Å². The van der Waals surface area contributed by atoms with Crippen LogP contribution in [0.4, 0.5) is 0 Å². The van der Waals surface area contributed by atoms with Gasteiger partial charge in [-0.15, -0.1) is 11.8 Å². The van der Waals surface area contributed by atoms with Crippen LogP contribution in [0.1, 0.15) is 6.42 Å². The molecule has 1 atom stereocenters. The van der Waals surface area contributed by atoms with Crippen LogP contribution < -0.4 is 0 Å². The van der Waals surface area contributed by atoms with Crippen LogP contribution in [-0.2, 0) is 0 Å². The van der Waals surface area contributed by atoms with Crippen LogP contribution >= 0.6 is 11.8 Å². The summed E-state index contributed by atoms with van der Waals surface area (Å²) in [7, 11) is 2.02. The molecule has 3 heteroatoms. The number of rotatable bonds is 2. The van der Waals surface area contributed by atoms with E-state index in [0.717, 1.165) is 6.42 Å². The Hall–Kier alpha value is -0.150. The second-order valence-electron chi connectivity index (χ2n) is 2.05. The monoisotopic (exact) mass is 145 g/mol. The van der Waals surface area contributed by atoms with Gasteiger partial charge in [-0.3, -0.25) is 0 Å². The van der Waals surface area contributed by atoms with E-state index in [4.69, 9.17) is 5.11 Å². The summed E-state index contributed by atoms with van der Waals surface area (Å²) in [6.45, 7) is 0.281. The van der Waals surface area contributed by atoms with Crippen LogP contribution in [0.2, 0.25) is 0 Å². The Morgan fingerprint density at radius 1 is 1.78 bits per heavy atom. The maximum atomic E-state index is 8.58. The van der Waals surface area contributed by atoms with E-state index in [1.165, 1.54) is 0 Å². The molecular formula is C6H11NOS. The van der Waals surface area contributed by atoms with Gasteiger partial charge in [0, 0.05) is 26.3 Å². The van der Waals surface area contributed by atoms with Crippen LogP contribution in [0.25, 0.3) is 0 Å². The van der Waals surface area contributed by atoms with E-state index in [0.29, 0.717) is 5.37 Å². The van der Waals surface area contributed by atoms with E-state index >= 15 is 0 Å². The van der Waals surface area contributed by atoms with E-state index in [1.807, 2.05) is 13.2 Å². The van der Waals surface area contributed by atoms with Crippen LogP contribution in [-0.4, -0.2) is 29.0 Å². The van der Waals surface area contributed by atoms with Crippen molar-refractivity contribution in [3.8, 4) is 0 Å². The molecule has 2 nitrogen and oxygen atoms in total. The molecule has 1 N–H and O–H groups in total. The Morgan fingerprint density at radius 2 is 2.56 bits per heavy atom. The largest absolute Gasteiger partial charge is 0.396 e. The highest BCUT2D eigenvalue weighted by Crippen LogP contribution is 2.25. The minimum atomic E-state index is 0.281. The molecule has 0 aromatic carbocycles. The molecule has 0 radical (unpaired) electrons. The standard InChI is InChI=1S/C6H11NOS/c1-7-3-5-9-6(7)2-4-8/h3,5-6,8H,2,4H2,1H3. The summed E-state index contributed by atoms with van der Waals surface area (Å²) in [5, 5.41) is 11.1. The lowest BCUT2D eigenvalue weighted by atomic mass is 10.4. The summed E-state index contributed by atoms with van der Waals surface area (Å²) in [6, 6.07) is 0. The zero-order valence-corrected chi connectivity index (χ0v) is 6.27. The van der Waals surface area contributed by atoms with Gasteiger partial charge in [-0.05, 0) is 5.41 Å². The van der Waals surface area contributed by atoms with Gasteiger partial charge in [-0.1, -0.05) is 0 Å². The number of aliphatic hydroxyl groups is 1. The lowest BCUT2D eigenvalue weighted by molar-refractivity contribution is 0.261. The van der Waals surface area contributed by atoms with Crippen molar-refractivity contribution < 1.29 is 5.11 Å². The highest BCUT2D eigenvalue weighted by atomic mass is 32.2. The van der Waals surface area contributed by atoms with Crippen LogP contribution in [0.15, 0.2) is 11.6 Å². The molecule has 1 aliphatic rings. The first-order chi connectivity index (χ1) is 4.34. The zero-order valence-electron chi connectivity index (χ0n) is 5.45. The van der Waals surface area contributed by atoms with Gasteiger partial charge in [0.1, 0.15) is 0 Å². The smallest absolute Gasteiger partial charge is 0.0804 e. The van der Waals surface area contributed by atoms with Gasteiger partial charge in [0.15, 0.2) is 0 Å². The van der Waals surface area contributed by atoms with E-state index < -0.39 is 0 Å². The maximum Gasteiger partial charge on any atom is 0.0804 e. The molecule has 9 heavy (non-hydrogen) atoms. The zero-order chi connectivity index (χ0) is 6.69. The number of hydrogen-bond acceptors (Lipinski definition) is 3. The fraction of sp³-hybridized carbons (Fsp3) is 0.667. The molecule has 1 unspecified atom stereocenters. The minimum Gasteiger partial charge on any atom is -0.396 e. The lowest BCUT2D eigenvalue weighted by Gasteiger charge is -2.17. The first kappa shape index (κ1) is 6.96. The van der Waals surface area contributed by atoms with E-state index in [1.54, 1.807) is 11.8 Å². The Kier molecular flexibility index (Phi) is 2.42. The topological polar surface area (TPSA) is 23.5 Å².